The Labute approximate surface area is 173 Å². The Balaban J connectivity index is 1.89. The highest BCUT2D eigenvalue weighted by molar-refractivity contribution is 7.99. The first kappa shape index (κ1) is 20.7. The molecule has 3 rings (SSSR count). The van der Waals surface area contributed by atoms with Crippen molar-refractivity contribution in [2.24, 2.45) is 0 Å². The van der Waals surface area contributed by atoms with Gasteiger partial charge in [0.25, 0.3) is 0 Å². The Morgan fingerprint density at radius 2 is 1.93 bits per heavy atom. The molecule has 8 nitrogen and oxygen atoms in total. The van der Waals surface area contributed by atoms with Gasteiger partial charge in [0.05, 0.1) is 12.0 Å². The van der Waals surface area contributed by atoms with E-state index in [1.807, 2.05) is 0 Å². The molecule has 0 saturated heterocycles. The first-order chi connectivity index (χ1) is 13.9. The van der Waals surface area contributed by atoms with Crippen molar-refractivity contribution in [2.75, 3.05) is 24.4 Å². The van der Waals surface area contributed by atoms with E-state index in [0.29, 0.717) is 11.4 Å². The van der Waals surface area contributed by atoms with Gasteiger partial charge in [-0.25, -0.2) is 13.1 Å². The Morgan fingerprint density at radius 3 is 2.59 bits per heavy atom. The topological polar surface area (TPSA) is 116 Å². The number of amides is 1. The number of ether oxygens (including phenoxy) is 1. The van der Waals surface area contributed by atoms with Crippen molar-refractivity contribution in [3.63, 3.8) is 0 Å². The lowest BCUT2D eigenvalue weighted by Crippen LogP contribution is -2.21. The summed E-state index contributed by atoms with van der Waals surface area (Å²) in [5.41, 5.74) is 6.64. The lowest BCUT2D eigenvalue weighted by Gasteiger charge is -2.08. The fourth-order valence-corrected chi connectivity index (χ4v) is 5.15. The van der Waals surface area contributed by atoms with E-state index in [9.17, 15) is 13.2 Å². The van der Waals surface area contributed by atoms with E-state index in [1.165, 1.54) is 23.9 Å². The van der Waals surface area contributed by atoms with E-state index in [1.54, 1.807) is 48.7 Å². The number of nitrogen functional groups attached to an aromatic ring is 1. The Kier molecular flexibility index (Phi) is 6.14. The first-order valence-electron chi connectivity index (χ1n) is 8.51. The number of sulfone groups is 1. The number of anilines is 2. The number of carbonyl (C=O) groups is 1. The van der Waals surface area contributed by atoms with Crippen LogP contribution in [-0.4, -0.2) is 37.5 Å². The maximum Gasteiger partial charge on any atom is 0.246 e. The maximum absolute atomic E-state index is 13.0. The van der Waals surface area contributed by atoms with Crippen molar-refractivity contribution in [3.05, 3.63) is 54.6 Å². The second-order valence-corrected chi connectivity index (χ2v) is 8.66. The molecular weight excluding hydrogens is 412 g/mol. The van der Waals surface area contributed by atoms with Gasteiger partial charge in [-0.05, 0) is 30.5 Å². The summed E-state index contributed by atoms with van der Waals surface area (Å²) in [5.74, 6) is 0.116. The average molecular weight is 433 g/mol. The maximum atomic E-state index is 13.0. The molecule has 1 heterocycles. The molecular formula is C19H20N4O4S2. The van der Waals surface area contributed by atoms with Crippen LogP contribution in [0.1, 0.15) is 0 Å². The summed E-state index contributed by atoms with van der Waals surface area (Å²) >= 11 is 1.15. The molecule has 0 fully saturated rings. The molecule has 3 N–H and O–H groups in total. The zero-order valence-electron chi connectivity index (χ0n) is 15.8. The minimum Gasteiger partial charge on any atom is -0.497 e. The molecule has 0 unspecified atom stereocenters. The smallest absolute Gasteiger partial charge is 0.246 e. The van der Waals surface area contributed by atoms with Crippen LogP contribution in [0.2, 0.25) is 0 Å². The van der Waals surface area contributed by atoms with Crippen LogP contribution in [0.25, 0.3) is 0 Å². The second kappa shape index (κ2) is 8.58. The fraction of sp³-hybridized carbons (Fsp3) is 0.158. The monoisotopic (exact) mass is 432 g/mol. The number of hydrogen-bond acceptors (Lipinski definition) is 7. The molecule has 10 heteroatoms. The highest BCUT2D eigenvalue weighted by Gasteiger charge is 2.29. The molecule has 1 aromatic heterocycles. The molecule has 29 heavy (non-hydrogen) atoms. The molecule has 0 atom stereocenters. The summed E-state index contributed by atoms with van der Waals surface area (Å²) in [7, 11) is -2.34. The van der Waals surface area contributed by atoms with Crippen molar-refractivity contribution in [2.45, 2.75) is 21.4 Å². The zero-order chi connectivity index (χ0) is 21.0. The number of hydrogen-bond donors (Lipinski definition) is 2. The van der Waals surface area contributed by atoms with Gasteiger partial charge in [0.2, 0.25) is 15.7 Å². The molecule has 0 aliphatic rings. The van der Waals surface area contributed by atoms with Crippen LogP contribution in [0.15, 0.2) is 69.4 Å². The van der Waals surface area contributed by atoms with E-state index < -0.39 is 15.7 Å². The number of aromatic nitrogens is 2. The molecule has 2 aromatic carbocycles. The fourth-order valence-electron chi connectivity index (χ4n) is 2.70. The van der Waals surface area contributed by atoms with Crippen molar-refractivity contribution < 1.29 is 17.9 Å². The number of benzene rings is 2. The molecule has 0 radical (unpaired) electrons. The minimum absolute atomic E-state index is 0.0843. The van der Waals surface area contributed by atoms with Crippen LogP contribution in [0, 0.1) is 0 Å². The quantitative estimate of drug-likeness (QED) is 0.551. The van der Waals surface area contributed by atoms with Crippen LogP contribution in [0.4, 0.5) is 11.5 Å². The van der Waals surface area contributed by atoms with Gasteiger partial charge < -0.3 is 15.8 Å². The van der Waals surface area contributed by atoms with Crippen LogP contribution in [-0.2, 0) is 21.2 Å². The average Bonchev–Trinajstić information content (AvgIpc) is 3.04. The number of nitrogens with zero attached hydrogens (tertiary/aromatic N) is 2. The van der Waals surface area contributed by atoms with Gasteiger partial charge in [-0.2, -0.15) is 5.10 Å². The number of carbonyl (C=O) groups excluding carboxylic acids is 1. The lowest BCUT2D eigenvalue weighted by atomic mass is 10.3. The third kappa shape index (κ3) is 4.38. The molecule has 0 spiro atoms. The first-order valence-corrected chi connectivity index (χ1v) is 11.2. The summed E-state index contributed by atoms with van der Waals surface area (Å²) in [6.45, 7) is -0.235. The third-order valence-corrected chi connectivity index (χ3v) is 6.71. The molecule has 3 aromatic rings. The van der Waals surface area contributed by atoms with Crippen molar-refractivity contribution >= 4 is 39.0 Å². The molecule has 1 amide bonds. The van der Waals surface area contributed by atoms with Gasteiger partial charge >= 0.3 is 0 Å². The van der Waals surface area contributed by atoms with Crippen LogP contribution < -0.4 is 15.8 Å². The number of nitrogens with two attached hydrogens (primary N) is 1. The largest absolute Gasteiger partial charge is 0.497 e. The van der Waals surface area contributed by atoms with E-state index in [0.717, 1.165) is 11.8 Å². The second-order valence-electron chi connectivity index (χ2n) is 5.98. The summed E-state index contributed by atoms with van der Waals surface area (Å²) in [6, 6.07) is 14.9. The number of methoxy groups -OCH3 is 1. The highest BCUT2D eigenvalue weighted by Crippen LogP contribution is 2.33. The number of thioether (sulfide) groups is 1. The van der Waals surface area contributed by atoms with Crippen LogP contribution in [0.5, 0.6) is 5.75 Å². The number of rotatable bonds is 7. The van der Waals surface area contributed by atoms with Crippen LogP contribution >= 0.6 is 11.8 Å². The van der Waals surface area contributed by atoms with E-state index >= 15 is 0 Å². The van der Waals surface area contributed by atoms with Crippen molar-refractivity contribution in [1.29, 1.82) is 0 Å². The molecule has 152 valence electrons. The van der Waals surface area contributed by atoms with Crippen molar-refractivity contribution in [3.8, 4) is 5.75 Å². The van der Waals surface area contributed by atoms with Gasteiger partial charge in [0, 0.05) is 11.8 Å². The summed E-state index contributed by atoms with van der Waals surface area (Å²) in [4.78, 5) is 12.5. The van der Waals surface area contributed by atoms with Gasteiger partial charge in [0.1, 0.15) is 28.0 Å². The predicted molar refractivity (Wildman–Crippen MR) is 112 cm³/mol. The Morgan fingerprint density at radius 1 is 1.21 bits per heavy atom. The summed E-state index contributed by atoms with van der Waals surface area (Å²) < 4.78 is 32.4. The van der Waals surface area contributed by atoms with E-state index in [-0.39, 0.29) is 27.2 Å². The Bertz CT molecular complexity index is 1130. The molecule has 0 bridgehead atoms. The summed E-state index contributed by atoms with van der Waals surface area (Å²) in [6.07, 6.45) is 1.70. The van der Waals surface area contributed by atoms with Gasteiger partial charge in [0.15, 0.2) is 0 Å². The Hall–Kier alpha value is -2.98. The highest BCUT2D eigenvalue weighted by atomic mass is 32.2. The zero-order valence-corrected chi connectivity index (χ0v) is 17.5. The standard InChI is InChI=1S/C19H20N4O4S2/c1-27-14-8-6-7-13(11-14)21-16(24)12-23-18(20)17(19(22-23)28-2)29(25,26)15-9-4-3-5-10-15/h3-11H,12,20H2,1-2H3,(H,21,24). The van der Waals surface area contributed by atoms with Gasteiger partial charge in [-0.15, -0.1) is 11.8 Å². The van der Waals surface area contributed by atoms with Crippen LogP contribution in [0.3, 0.4) is 0 Å². The van der Waals surface area contributed by atoms with Gasteiger partial charge in [-0.1, -0.05) is 24.3 Å². The molecule has 0 aliphatic carbocycles. The van der Waals surface area contributed by atoms with Gasteiger partial charge in [-0.3, -0.25) is 4.79 Å². The minimum atomic E-state index is -3.87. The SMILES string of the molecule is COc1cccc(NC(=O)Cn2nc(SC)c(S(=O)(=O)c3ccccc3)c2N)c1. The van der Waals surface area contributed by atoms with Crippen molar-refractivity contribution in [1.82, 2.24) is 9.78 Å². The third-order valence-electron chi connectivity index (χ3n) is 4.08. The van der Waals surface area contributed by atoms with E-state index in [4.69, 9.17) is 10.5 Å². The summed E-state index contributed by atoms with van der Waals surface area (Å²) in [5, 5.41) is 7.18. The lowest BCUT2D eigenvalue weighted by molar-refractivity contribution is -0.116. The number of nitrogens with one attached hydrogen (secondary N) is 1. The molecule has 0 aliphatic heterocycles. The normalized spacial score (nSPS) is 11.2. The predicted octanol–water partition coefficient (Wildman–Crippen LogP) is 2.67. The van der Waals surface area contributed by atoms with E-state index in [2.05, 4.69) is 10.4 Å². The molecule has 0 saturated carbocycles.